The van der Waals surface area contributed by atoms with Crippen LogP contribution in [0.4, 0.5) is 5.13 Å². The van der Waals surface area contributed by atoms with Gasteiger partial charge in [0.25, 0.3) is 0 Å². The molecule has 1 heterocycles. The van der Waals surface area contributed by atoms with Crippen LogP contribution < -0.4 is 4.74 Å². The predicted molar refractivity (Wildman–Crippen MR) is 96.2 cm³/mol. The van der Waals surface area contributed by atoms with Gasteiger partial charge in [-0.25, -0.2) is 9.98 Å². The largest absolute Gasteiger partial charge is 0.506 e. The van der Waals surface area contributed by atoms with Gasteiger partial charge in [-0.1, -0.05) is 34.5 Å². The predicted octanol–water partition coefficient (Wildman–Crippen LogP) is 5.46. The zero-order valence-corrected chi connectivity index (χ0v) is 14.4. The van der Waals surface area contributed by atoms with Crippen molar-refractivity contribution in [1.82, 2.24) is 4.98 Å². The van der Waals surface area contributed by atoms with Gasteiger partial charge < -0.3 is 9.84 Å². The van der Waals surface area contributed by atoms with Gasteiger partial charge in [-0.3, -0.25) is 0 Å². The molecule has 118 valence electrons. The van der Waals surface area contributed by atoms with Crippen LogP contribution in [0.15, 0.2) is 35.3 Å². The number of phenolic OH excluding ortho intramolecular Hbond substituents is 1. The fourth-order valence-electron chi connectivity index (χ4n) is 2.01. The second-order valence-corrected chi connectivity index (χ2v) is 6.50. The summed E-state index contributed by atoms with van der Waals surface area (Å²) < 4.78 is 6.46. The highest BCUT2D eigenvalue weighted by molar-refractivity contribution is 7.22. The standard InChI is InChI=1S/C16H12Cl2N2O2S/c1-2-22-11-3-4-13-14(7-11)23-16(20-13)19-8-9-5-10(17)6-12(18)15(9)21/h3-8,21H,2H2,1H3/b19-8+. The number of phenols is 1. The first-order valence-electron chi connectivity index (χ1n) is 6.82. The quantitative estimate of drug-likeness (QED) is 0.623. The van der Waals surface area contributed by atoms with E-state index in [0.29, 0.717) is 22.3 Å². The van der Waals surface area contributed by atoms with Crippen molar-refractivity contribution in [2.24, 2.45) is 4.99 Å². The first kappa shape index (κ1) is 16.1. The number of ether oxygens (including phenoxy) is 1. The molecule has 1 N–H and O–H groups in total. The molecule has 0 unspecified atom stereocenters. The van der Waals surface area contributed by atoms with E-state index in [-0.39, 0.29) is 10.8 Å². The Labute approximate surface area is 147 Å². The molecule has 3 rings (SSSR count). The number of aromatic nitrogens is 1. The molecule has 0 radical (unpaired) electrons. The van der Waals surface area contributed by atoms with Gasteiger partial charge in [0.05, 0.1) is 21.8 Å². The number of fused-ring (bicyclic) bond motifs is 1. The summed E-state index contributed by atoms with van der Waals surface area (Å²) in [5, 5.41) is 11.1. The Hall–Kier alpha value is -1.82. The minimum atomic E-state index is -0.0560. The Bertz CT molecular complexity index is 893. The summed E-state index contributed by atoms with van der Waals surface area (Å²) >= 11 is 13.3. The maximum Gasteiger partial charge on any atom is 0.210 e. The molecule has 7 heteroatoms. The molecule has 0 saturated carbocycles. The number of hydrogen-bond acceptors (Lipinski definition) is 5. The fraction of sp³-hybridized carbons (Fsp3) is 0.125. The van der Waals surface area contributed by atoms with E-state index < -0.39 is 0 Å². The number of halogens is 2. The van der Waals surface area contributed by atoms with Crippen molar-refractivity contribution in [3.63, 3.8) is 0 Å². The van der Waals surface area contributed by atoms with Crippen LogP contribution >= 0.6 is 34.5 Å². The molecular weight excluding hydrogens is 355 g/mol. The van der Waals surface area contributed by atoms with Crippen LogP contribution in [0.3, 0.4) is 0 Å². The SMILES string of the molecule is CCOc1ccc2nc(/N=C/c3cc(Cl)cc(Cl)c3O)sc2c1. The van der Waals surface area contributed by atoms with Crippen molar-refractivity contribution in [3.05, 3.63) is 45.9 Å². The van der Waals surface area contributed by atoms with Crippen molar-refractivity contribution in [2.45, 2.75) is 6.92 Å². The van der Waals surface area contributed by atoms with E-state index in [1.165, 1.54) is 23.6 Å². The van der Waals surface area contributed by atoms with E-state index in [1.54, 1.807) is 6.07 Å². The number of thiazole rings is 1. The highest BCUT2D eigenvalue weighted by Crippen LogP contribution is 2.33. The molecule has 0 saturated heterocycles. The van der Waals surface area contributed by atoms with Gasteiger partial charge in [-0.2, -0.15) is 0 Å². The van der Waals surface area contributed by atoms with Gasteiger partial charge in [0.2, 0.25) is 5.13 Å². The lowest BCUT2D eigenvalue weighted by atomic mass is 10.2. The van der Waals surface area contributed by atoms with Gasteiger partial charge in [0.1, 0.15) is 11.5 Å². The second kappa shape index (κ2) is 6.74. The molecule has 0 aliphatic rings. The molecule has 0 bridgehead atoms. The maximum absolute atomic E-state index is 9.92. The average molecular weight is 367 g/mol. The number of benzene rings is 2. The lowest BCUT2D eigenvalue weighted by molar-refractivity contribution is 0.341. The third-order valence-electron chi connectivity index (χ3n) is 3.03. The van der Waals surface area contributed by atoms with Gasteiger partial charge in [-0.05, 0) is 37.3 Å². The van der Waals surface area contributed by atoms with Gasteiger partial charge >= 0.3 is 0 Å². The van der Waals surface area contributed by atoms with E-state index >= 15 is 0 Å². The van der Waals surface area contributed by atoms with E-state index in [4.69, 9.17) is 27.9 Å². The molecule has 0 atom stereocenters. The van der Waals surface area contributed by atoms with Crippen LogP contribution in [-0.2, 0) is 0 Å². The first-order valence-corrected chi connectivity index (χ1v) is 8.39. The molecule has 4 nitrogen and oxygen atoms in total. The van der Waals surface area contributed by atoms with Gasteiger partial charge in [0, 0.05) is 16.8 Å². The van der Waals surface area contributed by atoms with Crippen LogP contribution in [0.2, 0.25) is 10.0 Å². The lowest BCUT2D eigenvalue weighted by Crippen LogP contribution is -1.89. The van der Waals surface area contributed by atoms with Crippen LogP contribution in [0.25, 0.3) is 10.2 Å². The fourth-order valence-corrected chi connectivity index (χ4v) is 3.36. The van der Waals surface area contributed by atoms with E-state index in [2.05, 4.69) is 9.98 Å². The van der Waals surface area contributed by atoms with Crippen molar-refractivity contribution in [3.8, 4) is 11.5 Å². The maximum atomic E-state index is 9.92. The number of aliphatic imine (C=N–C) groups is 1. The van der Waals surface area contributed by atoms with E-state index in [1.807, 2.05) is 25.1 Å². The Kier molecular flexibility index (Phi) is 4.71. The highest BCUT2D eigenvalue weighted by Gasteiger charge is 2.07. The topological polar surface area (TPSA) is 54.7 Å². The highest BCUT2D eigenvalue weighted by atomic mass is 35.5. The summed E-state index contributed by atoms with van der Waals surface area (Å²) in [5.41, 5.74) is 1.29. The summed E-state index contributed by atoms with van der Waals surface area (Å²) in [6, 6.07) is 8.77. The van der Waals surface area contributed by atoms with Crippen LogP contribution in [0.1, 0.15) is 12.5 Å². The Morgan fingerprint density at radius 1 is 1.30 bits per heavy atom. The number of aromatic hydroxyl groups is 1. The van der Waals surface area contributed by atoms with Crippen LogP contribution in [-0.4, -0.2) is 22.9 Å². The van der Waals surface area contributed by atoms with Crippen molar-refractivity contribution in [1.29, 1.82) is 0 Å². The summed E-state index contributed by atoms with van der Waals surface area (Å²) in [7, 11) is 0. The molecular formula is C16H12Cl2N2O2S. The minimum absolute atomic E-state index is 0.0560. The summed E-state index contributed by atoms with van der Waals surface area (Å²) in [5.74, 6) is 0.748. The minimum Gasteiger partial charge on any atom is -0.506 e. The molecule has 0 amide bonds. The zero-order valence-electron chi connectivity index (χ0n) is 12.1. The molecule has 2 aromatic carbocycles. The third-order valence-corrected chi connectivity index (χ3v) is 4.46. The van der Waals surface area contributed by atoms with E-state index in [0.717, 1.165) is 16.0 Å². The number of nitrogens with zero attached hydrogens (tertiary/aromatic N) is 2. The molecule has 0 aliphatic carbocycles. The monoisotopic (exact) mass is 366 g/mol. The number of hydrogen-bond donors (Lipinski definition) is 1. The number of rotatable bonds is 4. The third kappa shape index (κ3) is 3.58. The normalized spacial score (nSPS) is 11.4. The van der Waals surface area contributed by atoms with E-state index in [9.17, 15) is 5.11 Å². The molecule has 1 aromatic heterocycles. The second-order valence-electron chi connectivity index (χ2n) is 4.64. The Morgan fingerprint density at radius 3 is 2.91 bits per heavy atom. The lowest BCUT2D eigenvalue weighted by Gasteiger charge is -2.01. The molecule has 0 spiro atoms. The average Bonchev–Trinajstić information content (AvgIpc) is 2.92. The molecule has 3 aromatic rings. The van der Waals surface area contributed by atoms with Crippen LogP contribution in [0, 0.1) is 0 Å². The molecule has 23 heavy (non-hydrogen) atoms. The summed E-state index contributed by atoms with van der Waals surface area (Å²) in [6.07, 6.45) is 1.49. The van der Waals surface area contributed by atoms with Crippen molar-refractivity contribution in [2.75, 3.05) is 6.61 Å². The Morgan fingerprint density at radius 2 is 2.13 bits per heavy atom. The smallest absolute Gasteiger partial charge is 0.210 e. The Balaban J connectivity index is 1.92. The summed E-state index contributed by atoms with van der Waals surface area (Å²) in [6.45, 7) is 2.55. The first-order chi connectivity index (χ1) is 11.1. The van der Waals surface area contributed by atoms with Gasteiger partial charge in [0.15, 0.2) is 0 Å². The molecule has 0 aliphatic heterocycles. The molecule has 0 fully saturated rings. The zero-order chi connectivity index (χ0) is 16.4. The van der Waals surface area contributed by atoms with Crippen molar-refractivity contribution >= 4 is 56.1 Å². The summed E-state index contributed by atoms with van der Waals surface area (Å²) in [4.78, 5) is 8.72. The van der Waals surface area contributed by atoms with Gasteiger partial charge in [-0.15, -0.1) is 0 Å². The van der Waals surface area contributed by atoms with Crippen LogP contribution in [0.5, 0.6) is 11.5 Å². The van der Waals surface area contributed by atoms with Crippen molar-refractivity contribution < 1.29 is 9.84 Å².